The number of amides is 2. The van der Waals surface area contributed by atoms with Gasteiger partial charge in [0.2, 0.25) is 0 Å². The lowest BCUT2D eigenvalue weighted by Gasteiger charge is -2.13. The Kier molecular flexibility index (Phi) is 6.30. The standard InChI is InChI=1S/C20H20FN3O5/c1-27-18-10-13-15(11-19(18)28-2)22-6-5-16(13)29-17-4-3-12(9-14(17)21)24-20(26)23-7-8-25/h3-6,9-11,25H,7-8H2,1-2H3,(H2,23,24,26). The Morgan fingerprint density at radius 2 is 1.83 bits per heavy atom. The first kappa shape index (κ1) is 20.2. The van der Waals surface area contributed by atoms with Crippen LogP contribution in [0.3, 0.4) is 0 Å². The van der Waals surface area contributed by atoms with Crippen LogP contribution in [-0.4, -0.2) is 43.5 Å². The largest absolute Gasteiger partial charge is 0.493 e. The number of carbonyl (C=O) groups excluding carboxylic acids is 1. The molecule has 0 bridgehead atoms. The zero-order chi connectivity index (χ0) is 20.8. The second-order valence-corrected chi connectivity index (χ2v) is 5.89. The van der Waals surface area contributed by atoms with Crippen molar-refractivity contribution in [2.45, 2.75) is 0 Å². The van der Waals surface area contributed by atoms with Crippen molar-refractivity contribution in [2.24, 2.45) is 0 Å². The molecule has 0 fully saturated rings. The molecule has 3 N–H and O–H groups in total. The first-order valence-corrected chi connectivity index (χ1v) is 8.69. The molecule has 1 aromatic heterocycles. The van der Waals surface area contributed by atoms with Gasteiger partial charge in [0.05, 0.1) is 26.3 Å². The fraction of sp³-hybridized carbons (Fsp3) is 0.200. The lowest BCUT2D eigenvalue weighted by atomic mass is 10.2. The second-order valence-electron chi connectivity index (χ2n) is 5.89. The SMILES string of the molecule is COc1cc2nccc(Oc3ccc(NC(=O)NCCO)cc3F)c2cc1OC. The molecule has 1 heterocycles. The van der Waals surface area contributed by atoms with E-state index < -0.39 is 11.8 Å². The highest BCUT2D eigenvalue weighted by molar-refractivity contribution is 5.90. The number of aromatic nitrogens is 1. The number of aliphatic hydroxyl groups is 1. The summed E-state index contributed by atoms with van der Waals surface area (Å²) in [5.74, 6) is 0.720. The summed E-state index contributed by atoms with van der Waals surface area (Å²) in [5, 5.41) is 14.2. The summed E-state index contributed by atoms with van der Waals surface area (Å²) in [6.07, 6.45) is 1.54. The smallest absolute Gasteiger partial charge is 0.319 e. The topological polar surface area (TPSA) is 102 Å². The molecule has 0 atom stereocenters. The number of methoxy groups -OCH3 is 2. The van der Waals surface area contributed by atoms with E-state index in [0.29, 0.717) is 28.2 Å². The highest BCUT2D eigenvalue weighted by Crippen LogP contribution is 2.37. The van der Waals surface area contributed by atoms with E-state index in [1.807, 2.05) is 0 Å². The number of pyridine rings is 1. The zero-order valence-corrected chi connectivity index (χ0v) is 15.9. The molecule has 0 aliphatic heterocycles. The molecule has 0 spiro atoms. The van der Waals surface area contributed by atoms with Gasteiger partial charge in [-0.05, 0) is 24.3 Å². The maximum absolute atomic E-state index is 14.5. The summed E-state index contributed by atoms with van der Waals surface area (Å²) >= 11 is 0. The maximum atomic E-state index is 14.5. The van der Waals surface area contributed by atoms with Gasteiger partial charge < -0.3 is 30.0 Å². The summed E-state index contributed by atoms with van der Waals surface area (Å²) in [4.78, 5) is 15.9. The Morgan fingerprint density at radius 3 is 2.52 bits per heavy atom. The van der Waals surface area contributed by atoms with Crippen molar-refractivity contribution in [3.8, 4) is 23.0 Å². The minimum Gasteiger partial charge on any atom is -0.493 e. The van der Waals surface area contributed by atoms with Crippen LogP contribution in [0, 0.1) is 5.82 Å². The van der Waals surface area contributed by atoms with Crippen LogP contribution in [0.15, 0.2) is 42.6 Å². The van der Waals surface area contributed by atoms with Gasteiger partial charge in [-0.2, -0.15) is 0 Å². The Labute approximate surface area is 166 Å². The molecule has 0 radical (unpaired) electrons. The van der Waals surface area contributed by atoms with Gasteiger partial charge >= 0.3 is 6.03 Å². The maximum Gasteiger partial charge on any atom is 0.319 e. The number of hydrogen-bond donors (Lipinski definition) is 3. The highest BCUT2D eigenvalue weighted by Gasteiger charge is 2.13. The van der Waals surface area contributed by atoms with Gasteiger partial charge in [0.1, 0.15) is 5.75 Å². The number of rotatable bonds is 7. The number of nitrogens with zero attached hydrogens (tertiary/aromatic N) is 1. The van der Waals surface area contributed by atoms with Crippen LogP contribution in [0.5, 0.6) is 23.0 Å². The fourth-order valence-electron chi connectivity index (χ4n) is 2.66. The van der Waals surface area contributed by atoms with E-state index >= 15 is 0 Å². The number of nitrogens with one attached hydrogen (secondary N) is 2. The van der Waals surface area contributed by atoms with Gasteiger partial charge in [-0.1, -0.05) is 0 Å². The molecular formula is C20H20FN3O5. The minimum atomic E-state index is -0.657. The van der Waals surface area contributed by atoms with Crippen LogP contribution < -0.4 is 24.8 Å². The third-order valence-electron chi connectivity index (χ3n) is 4.01. The summed E-state index contributed by atoms with van der Waals surface area (Å²) < 4.78 is 30.8. The zero-order valence-electron chi connectivity index (χ0n) is 15.9. The van der Waals surface area contributed by atoms with Crippen LogP contribution in [-0.2, 0) is 0 Å². The van der Waals surface area contributed by atoms with Crippen molar-refractivity contribution in [3.05, 3.63) is 48.4 Å². The molecule has 0 unspecified atom stereocenters. The summed E-state index contributed by atoms with van der Waals surface area (Å²) in [6.45, 7) is -0.0933. The van der Waals surface area contributed by atoms with Gasteiger partial charge in [-0.15, -0.1) is 0 Å². The Morgan fingerprint density at radius 1 is 1.07 bits per heavy atom. The van der Waals surface area contributed by atoms with E-state index in [1.54, 1.807) is 24.4 Å². The molecular weight excluding hydrogens is 381 g/mol. The van der Waals surface area contributed by atoms with Crippen molar-refractivity contribution in [1.29, 1.82) is 0 Å². The summed E-state index contributed by atoms with van der Waals surface area (Å²) in [7, 11) is 3.04. The molecule has 9 heteroatoms. The van der Waals surface area contributed by atoms with Crippen LogP contribution in [0.25, 0.3) is 10.9 Å². The number of ether oxygens (including phenoxy) is 3. The molecule has 0 saturated heterocycles. The number of anilines is 1. The molecule has 3 aromatic rings. The van der Waals surface area contributed by atoms with Crippen LogP contribution in [0.1, 0.15) is 0 Å². The van der Waals surface area contributed by atoms with E-state index in [1.165, 1.54) is 26.4 Å². The average molecular weight is 401 g/mol. The predicted molar refractivity (Wildman–Crippen MR) is 105 cm³/mol. The number of urea groups is 1. The lowest BCUT2D eigenvalue weighted by molar-refractivity contribution is 0.245. The van der Waals surface area contributed by atoms with Gasteiger partial charge in [0.15, 0.2) is 23.1 Å². The van der Waals surface area contributed by atoms with Gasteiger partial charge in [0.25, 0.3) is 0 Å². The molecule has 0 aliphatic rings. The van der Waals surface area contributed by atoms with Crippen molar-refractivity contribution in [1.82, 2.24) is 10.3 Å². The molecule has 3 rings (SSSR count). The first-order chi connectivity index (χ1) is 14.0. The van der Waals surface area contributed by atoms with E-state index in [2.05, 4.69) is 15.6 Å². The number of aliphatic hydroxyl groups excluding tert-OH is 1. The third kappa shape index (κ3) is 4.64. The fourth-order valence-corrected chi connectivity index (χ4v) is 2.66. The molecule has 2 aromatic carbocycles. The molecule has 0 saturated carbocycles. The van der Waals surface area contributed by atoms with Gasteiger partial charge in [-0.25, -0.2) is 9.18 Å². The minimum absolute atomic E-state index is 0.0198. The van der Waals surface area contributed by atoms with Crippen molar-refractivity contribution < 1.29 is 28.5 Å². The van der Waals surface area contributed by atoms with Gasteiger partial charge in [-0.3, -0.25) is 4.98 Å². The number of benzene rings is 2. The number of fused-ring (bicyclic) bond motifs is 1. The predicted octanol–water partition coefficient (Wildman–Crippen LogP) is 3.30. The second kappa shape index (κ2) is 9.07. The van der Waals surface area contributed by atoms with Crippen molar-refractivity contribution in [2.75, 3.05) is 32.7 Å². The quantitative estimate of drug-likeness (QED) is 0.562. The van der Waals surface area contributed by atoms with E-state index in [-0.39, 0.29) is 24.6 Å². The number of carbonyl (C=O) groups is 1. The van der Waals surface area contributed by atoms with Crippen molar-refractivity contribution >= 4 is 22.6 Å². The third-order valence-corrected chi connectivity index (χ3v) is 4.01. The highest BCUT2D eigenvalue weighted by atomic mass is 19.1. The number of hydrogen-bond acceptors (Lipinski definition) is 6. The van der Waals surface area contributed by atoms with E-state index in [4.69, 9.17) is 19.3 Å². The van der Waals surface area contributed by atoms with E-state index in [9.17, 15) is 9.18 Å². The van der Waals surface area contributed by atoms with Crippen molar-refractivity contribution in [3.63, 3.8) is 0 Å². The number of halogens is 1. The Hall–Kier alpha value is -3.59. The monoisotopic (exact) mass is 401 g/mol. The van der Waals surface area contributed by atoms with Crippen LogP contribution >= 0.6 is 0 Å². The molecule has 8 nitrogen and oxygen atoms in total. The summed E-state index contributed by atoms with van der Waals surface area (Å²) in [5.41, 5.74) is 0.843. The normalized spacial score (nSPS) is 10.5. The first-order valence-electron chi connectivity index (χ1n) is 8.69. The lowest BCUT2D eigenvalue weighted by Crippen LogP contribution is -2.30. The molecule has 0 aliphatic carbocycles. The molecule has 29 heavy (non-hydrogen) atoms. The van der Waals surface area contributed by atoms with Gasteiger partial charge in [0, 0.05) is 35.9 Å². The van der Waals surface area contributed by atoms with E-state index in [0.717, 1.165) is 6.07 Å². The van der Waals surface area contributed by atoms with Crippen LogP contribution in [0.4, 0.5) is 14.9 Å². The molecule has 2 amide bonds. The summed E-state index contributed by atoms with van der Waals surface area (Å²) in [6, 6.07) is 8.52. The molecule has 152 valence electrons. The Balaban J connectivity index is 1.86. The average Bonchev–Trinajstić information content (AvgIpc) is 2.73. The Bertz CT molecular complexity index is 1030. The van der Waals surface area contributed by atoms with Crippen LogP contribution in [0.2, 0.25) is 0 Å².